The second-order valence-electron chi connectivity index (χ2n) is 7.05. The molecule has 0 radical (unpaired) electrons. The summed E-state index contributed by atoms with van der Waals surface area (Å²) in [5, 5.41) is 3.70. The van der Waals surface area contributed by atoms with Crippen LogP contribution in [0.3, 0.4) is 0 Å². The van der Waals surface area contributed by atoms with Gasteiger partial charge in [0.2, 0.25) is 0 Å². The highest BCUT2D eigenvalue weighted by Crippen LogP contribution is 2.44. The van der Waals surface area contributed by atoms with Crippen molar-refractivity contribution in [2.75, 3.05) is 7.05 Å². The molecule has 1 aromatic rings. The lowest BCUT2D eigenvalue weighted by molar-refractivity contribution is 0.193. The summed E-state index contributed by atoms with van der Waals surface area (Å²) < 4.78 is 0. The minimum Gasteiger partial charge on any atom is -0.316 e. The summed E-state index contributed by atoms with van der Waals surface area (Å²) in [6.07, 6.45) is 10.8. The van der Waals surface area contributed by atoms with Crippen molar-refractivity contribution in [1.82, 2.24) is 5.32 Å². The lowest BCUT2D eigenvalue weighted by Gasteiger charge is -2.45. The van der Waals surface area contributed by atoms with E-state index in [9.17, 15) is 0 Å². The Morgan fingerprint density at radius 1 is 1.10 bits per heavy atom. The van der Waals surface area contributed by atoms with E-state index < -0.39 is 0 Å². The van der Waals surface area contributed by atoms with Gasteiger partial charge in [-0.25, -0.2) is 0 Å². The lowest BCUT2D eigenvalue weighted by atomic mass is 9.63. The first kappa shape index (κ1) is 16.5. The van der Waals surface area contributed by atoms with Gasteiger partial charge < -0.3 is 5.32 Å². The summed E-state index contributed by atoms with van der Waals surface area (Å²) in [6.45, 7) is 4.73. The van der Waals surface area contributed by atoms with Crippen molar-refractivity contribution >= 4 is 0 Å². The number of hydrogen-bond donors (Lipinski definition) is 1. The second-order valence-corrected chi connectivity index (χ2v) is 7.05. The molecule has 1 aliphatic carbocycles. The van der Waals surface area contributed by atoms with Crippen molar-refractivity contribution in [3.63, 3.8) is 0 Å². The Bertz CT molecular complexity index is 392. The average Bonchev–Trinajstić information content (AvgIpc) is 2.54. The van der Waals surface area contributed by atoms with E-state index in [1.165, 1.54) is 51.4 Å². The molecule has 0 heterocycles. The molecule has 0 aliphatic heterocycles. The number of likely N-dealkylation sites (N-methyl/N-ethyl adjacent to an activating group) is 1. The van der Waals surface area contributed by atoms with Crippen LogP contribution >= 0.6 is 0 Å². The topological polar surface area (TPSA) is 12.0 Å². The van der Waals surface area contributed by atoms with Gasteiger partial charge in [0.15, 0.2) is 0 Å². The summed E-state index contributed by atoms with van der Waals surface area (Å²) in [7, 11) is 2.17. The lowest BCUT2D eigenvalue weighted by Crippen LogP contribution is -2.49. The van der Waals surface area contributed by atoms with E-state index in [0.29, 0.717) is 11.5 Å². The first-order chi connectivity index (χ1) is 10.2. The van der Waals surface area contributed by atoms with E-state index in [4.69, 9.17) is 0 Å². The third-order valence-corrected chi connectivity index (χ3v) is 5.53. The van der Waals surface area contributed by atoms with Gasteiger partial charge in [-0.05, 0) is 37.8 Å². The minimum atomic E-state index is 0.357. The Labute approximate surface area is 131 Å². The van der Waals surface area contributed by atoms with Crippen LogP contribution in [0, 0.1) is 5.92 Å². The Kier molecular flexibility index (Phi) is 6.29. The van der Waals surface area contributed by atoms with Gasteiger partial charge in [-0.2, -0.15) is 0 Å². The molecule has 2 unspecified atom stereocenters. The Balaban J connectivity index is 2.25. The van der Waals surface area contributed by atoms with Gasteiger partial charge in [0.05, 0.1) is 0 Å². The van der Waals surface area contributed by atoms with Crippen LogP contribution in [-0.4, -0.2) is 13.1 Å². The largest absolute Gasteiger partial charge is 0.316 e. The van der Waals surface area contributed by atoms with Crippen LogP contribution in [0.4, 0.5) is 0 Å². The van der Waals surface area contributed by atoms with Gasteiger partial charge in [-0.1, -0.05) is 76.3 Å². The minimum absolute atomic E-state index is 0.357. The van der Waals surface area contributed by atoms with Crippen molar-refractivity contribution in [1.29, 1.82) is 0 Å². The van der Waals surface area contributed by atoms with E-state index >= 15 is 0 Å². The Morgan fingerprint density at radius 3 is 2.33 bits per heavy atom. The fourth-order valence-corrected chi connectivity index (χ4v) is 4.42. The zero-order chi connectivity index (χ0) is 15.1. The SMILES string of the molecule is CCCC(C)CC(NC)C1(c2ccccc2)CCCCC1. The molecule has 118 valence electrons. The molecule has 1 nitrogen and oxygen atoms in total. The van der Waals surface area contributed by atoms with E-state index in [2.05, 4.69) is 56.5 Å². The summed E-state index contributed by atoms with van der Waals surface area (Å²) in [4.78, 5) is 0. The highest BCUT2D eigenvalue weighted by Gasteiger charge is 2.40. The van der Waals surface area contributed by atoms with E-state index in [-0.39, 0.29) is 0 Å². The molecule has 21 heavy (non-hydrogen) atoms. The highest BCUT2D eigenvalue weighted by molar-refractivity contribution is 5.28. The normalized spacial score (nSPS) is 20.9. The summed E-state index contributed by atoms with van der Waals surface area (Å²) >= 11 is 0. The number of benzene rings is 1. The molecule has 0 spiro atoms. The van der Waals surface area contributed by atoms with Crippen LogP contribution in [0.5, 0.6) is 0 Å². The summed E-state index contributed by atoms with van der Waals surface area (Å²) in [6, 6.07) is 11.9. The van der Waals surface area contributed by atoms with Crippen LogP contribution < -0.4 is 5.32 Å². The second kappa shape index (κ2) is 7.98. The number of rotatable bonds is 7. The molecule has 1 aromatic carbocycles. The zero-order valence-corrected chi connectivity index (χ0v) is 14.2. The standard InChI is InChI=1S/C20H33N/c1-4-11-17(2)16-19(21-3)20(14-9-6-10-15-20)18-12-7-5-8-13-18/h5,7-8,12-13,17,19,21H,4,6,9-11,14-16H2,1-3H3. The molecule has 2 atom stereocenters. The van der Waals surface area contributed by atoms with Gasteiger partial charge >= 0.3 is 0 Å². The maximum atomic E-state index is 3.70. The maximum Gasteiger partial charge on any atom is 0.0163 e. The zero-order valence-electron chi connectivity index (χ0n) is 14.2. The third kappa shape index (κ3) is 3.88. The molecule has 1 fully saturated rings. The van der Waals surface area contributed by atoms with Crippen molar-refractivity contribution in [3.8, 4) is 0 Å². The Morgan fingerprint density at radius 2 is 1.76 bits per heavy atom. The molecule has 1 saturated carbocycles. The molecule has 1 heteroatoms. The van der Waals surface area contributed by atoms with Crippen molar-refractivity contribution < 1.29 is 0 Å². The van der Waals surface area contributed by atoms with Gasteiger partial charge in [0.1, 0.15) is 0 Å². The van der Waals surface area contributed by atoms with Gasteiger partial charge in [-0.15, -0.1) is 0 Å². The molecule has 1 N–H and O–H groups in total. The molecule has 2 rings (SSSR count). The predicted molar refractivity (Wildman–Crippen MR) is 92.7 cm³/mol. The number of hydrogen-bond acceptors (Lipinski definition) is 1. The molecule has 0 amide bonds. The van der Waals surface area contributed by atoms with Crippen LogP contribution in [0.1, 0.15) is 70.8 Å². The van der Waals surface area contributed by atoms with Crippen molar-refractivity contribution in [3.05, 3.63) is 35.9 Å². The quantitative estimate of drug-likeness (QED) is 0.717. The predicted octanol–water partition coefficient (Wildman–Crippen LogP) is 5.30. The molecule has 0 bridgehead atoms. The molecule has 1 aliphatic rings. The highest BCUT2D eigenvalue weighted by atomic mass is 14.9. The van der Waals surface area contributed by atoms with Gasteiger partial charge in [0.25, 0.3) is 0 Å². The van der Waals surface area contributed by atoms with Crippen LogP contribution in [0.15, 0.2) is 30.3 Å². The first-order valence-corrected chi connectivity index (χ1v) is 8.95. The number of nitrogens with one attached hydrogen (secondary N) is 1. The van der Waals surface area contributed by atoms with Crippen LogP contribution in [0.25, 0.3) is 0 Å². The van der Waals surface area contributed by atoms with Crippen LogP contribution in [-0.2, 0) is 5.41 Å². The monoisotopic (exact) mass is 287 g/mol. The van der Waals surface area contributed by atoms with E-state index in [1.54, 1.807) is 5.56 Å². The summed E-state index contributed by atoms with van der Waals surface area (Å²) in [5.74, 6) is 0.815. The van der Waals surface area contributed by atoms with Crippen LogP contribution in [0.2, 0.25) is 0 Å². The smallest absolute Gasteiger partial charge is 0.0163 e. The fourth-order valence-electron chi connectivity index (χ4n) is 4.42. The van der Waals surface area contributed by atoms with E-state index in [1.807, 2.05) is 0 Å². The molecule has 0 saturated heterocycles. The molecule has 0 aromatic heterocycles. The average molecular weight is 287 g/mol. The van der Waals surface area contributed by atoms with E-state index in [0.717, 1.165) is 5.92 Å². The van der Waals surface area contributed by atoms with Gasteiger partial charge in [-0.3, -0.25) is 0 Å². The maximum absolute atomic E-state index is 3.70. The first-order valence-electron chi connectivity index (χ1n) is 8.95. The Hall–Kier alpha value is -0.820. The third-order valence-electron chi connectivity index (χ3n) is 5.53. The molecular formula is C20H33N. The van der Waals surface area contributed by atoms with Crippen molar-refractivity contribution in [2.45, 2.75) is 76.7 Å². The van der Waals surface area contributed by atoms with Gasteiger partial charge in [0, 0.05) is 11.5 Å². The van der Waals surface area contributed by atoms with Crippen molar-refractivity contribution in [2.24, 2.45) is 5.92 Å². The molecular weight excluding hydrogens is 254 g/mol. The fraction of sp³-hybridized carbons (Fsp3) is 0.700. The summed E-state index contributed by atoms with van der Waals surface area (Å²) in [5.41, 5.74) is 1.92.